The molecule has 0 saturated heterocycles. The van der Waals surface area contributed by atoms with Crippen molar-refractivity contribution in [1.29, 1.82) is 0 Å². The second-order valence-electron chi connectivity index (χ2n) is 5.43. The largest absolute Gasteiger partial charge is 0.487 e. The summed E-state index contributed by atoms with van der Waals surface area (Å²) in [7, 11) is 0. The predicted octanol–water partition coefficient (Wildman–Crippen LogP) is 4.11. The summed E-state index contributed by atoms with van der Waals surface area (Å²) in [5, 5.41) is 4.52. The van der Waals surface area contributed by atoms with Crippen molar-refractivity contribution in [3.8, 4) is 17.1 Å². The summed E-state index contributed by atoms with van der Waals surface area (Å²) in [5.74, 6) is 0.760. The second-order valence-corrected chi connectivity index (χ2v) is 5.43. The van der Waals surface area contributed by atoms with E-state index in [4.69, 9.17) is 4.74 Å². The Hall–Kier alpha value is -2.62. The minimum atomic E-state index is 0.349. The summed E-state index contributed by atoms with van der Waals surface area (Å²) >= 11 is 0. The van der Waals surface area contributed by atoms with E-state index in [9.17, 15) is 0 Å². The molecule has 0 aliphatic carbocycles. The summed E-state index contributed by atoms with van der Waals surface area (Å²) in [4.78, 5) is 4.43. The minimum absolute atomic E-state index is 0.349. The summed E-state index contributed by atoms with van der Waals surface area (Å²) in [6.07, 6.45) is 3.72. The number of nitrogens with zero attached hydrogens (tertiary/aromatic N) is 3. The third-order valence-electron chi connectivity index (χ3n) is 3.38. The van der Waals surface area contributed by atoms with Crippen LogP contribution in [0.5, 0.6) is 5.75 Å². The molecule has 0 saturated carbocycles. The summed E-state index contributed by atoms with van der Waals surface area (Å²) < 4.78 is 7.67. The van der Waals surface area contributed by atoms with E-state index in [1.807, 2.05) is 59.4 Å². The molecule has 112 valence electrons. The molecule has 0 fully saturated rings. The Kier molecular flexibility index (Phi) is 4.19. The Morgan fingerprint density at radius 1 is 1.00 bits per heavy atom. The molecule has 0 bridgehead atoms. The van der Waals surface area contributed by atoms with Crippen molar-refractivity contribution in [2.75, 3.05) is 0 Å². The van der Waals surface area contributed by atoms with E-state index >= 15 is 0 Å². The van der Waals surface area contributed by atoms with Gasteiger partial charge in [0.25, 0.3) is 0 Å². The summed E-state index contributed by atoms with van der Waals surface area (Å²) in [6.45, 7) is 4.75. The number of hydrogen-bond acceptors (Lipinski definition) is 3. The van der Waals surface area contributed by atoms with Crippen molar-refractivity contribution in [1.82, 2.24) is 14.8 Å². The van der Waals surface area contributed by atoms with Crippen LogP contribution in [0.2, 0.25) is 0 Å². The number of hydrogen-bond donors (Lipinski definition) is 0. The second kappa shape index (κ2) is 6.43. The van der Waals surface area contributed by atoms with Gasteiger partial charge in [-0.15, -0.1) is 0 Å². The molecule has 0 radical (unpaired) electrons. The average molecular weight is 293 g/mol. The molecule has 0 aliphatic rings. The number of pyridine rings is 1. The van der Waals surface area contributed by atoms with Gasteiger partial charge in [-0.1, -0.05) is 30.3 Å². The zero-order chi connectivity index (χ0) is 15.4. The van der Waals surface area contributed by atoms with Crippen molar-refractivity contribution in [3.05, 3.63) is 66.5 Å². The van der Waals surface area contributed by atoms with E-state index in [-0.39, 0.29) is 0 Å². The smallest absolute Gasteiger partial charge is 0.138 e. The van der Waals surface area contributed by atoms with Gasteiger partial charge in [0.05, 0.1) is 11.9 Å². The highest BCUT2D eigenvalue weighted by Crippen LogP contribution is 2.19. The van der Waals surface area contributed by atoms with E-state index in [0.717, 1.165) is 22.7 Å². The molecule has 0 amide bonds. The van der Waals surface area contributed by atoms with E-state index in [0.29, 0.717) is 12.6 Å². The van der Waals surface area contributed by atoms with Crippen LogP contribution < -0.4 is 4.74 Å². The van der Waals surface area contributed by atoms with Gasteiger partial charge in [-0.2, -0.15) is 5.10 Å². The van der Waals surface area contributed by atoms with E-state index in [2.05, 4.69) is 23.9 Å². The summed E-state index contributed by atoms with van der Waals surface area (Å²) in [6, 6.07) is 16.3. The molecule has 0 aliphatic heterocycles. The van der Waals surface area contributed by atoms with Gasteiger partial charge in [0, 0.05) is 12.2 Å². The lowest BCUT2D eigenvalue weighted by Crippen LogP contribution is -2.01. The molecule has 22 heavy (non-hydrogen) atoms. The molecule has 0 unspecified atom stereocenters. The van der Waals surface area contributed by atoms with Crippen LogP contribution in [0.25, 0.3) is 11.4 Å². The fourth-order valence-corrected chi connectivity index (χ4v) is 2.12. The van der Waals surface area contributed by atoms with Gasteiger partial charge in [0.15, 0.2) is 0 Å². The molecular formula is C18H19N3O. The van der Waals surface area contributed by atoms with Gasteiger partial charge in [0.2, 0.25) is 0 Å². The normalized spacial score (nSPS) is 10.9. The SMILES string of the molecule is CC(C)n1ccc(-c2ccc(OCc3ccccc3)cn2)n1. The number of ether oxygens (including phenoxy) is 1. The topological polar surface area (TPSA) is 39.9 Å². The predicted molar refractivity (Wildman–Crippen MR) is 86.6 cm³/mol. The zero-order valence-corrected chi connectivity index (χ0v) is 12.8. The standard InChI is InChI=1S/C18H19N3O/c1-14(2)21-11-10-18(20-21)17-9-8-16(12-19-17)22-13-15-6-4-3-5-7-15/h3-12,14H,13H2,1-2H3. The summed E-state index contributed by atoms with van der Waals surface area (Å²) in [5.41, 5.74) is 2.87. The van der Waals surface area contributed by atoms with Crippen LogP contribution in [0.15, 0.2) is 60.9 Å². The minimum Gasteiger partial charge on any atom is -0.487 e. The third kappa shape index (κ3) is 3.34. The maximum absolute atomic E-state index is 5.74. The van der Waals surface area contributed by atoms with E-state index < -0.39 is 0 Å². The van der Waals surface area contributed by atoms with Crippen LogP contribution in [0.3, 0.4) is 0 Å². The molecule has 1 aromatic carbocycles. The molecule has 0 atom stereocenters. The van der Waals surface area contributed by atoms with Gasteiger partial charge in [-0.05, 0) is 37.6 Å². The number of rotatable bonds is 5. The first-order chi connectivity index (χ1) is 10.7. The Labute approximate surface area is 130 Å². The molecule has 3 rings (SSSR count). The van der Waals surface area contributed by atoms with Gasteiger partial charge >= 0.3 is 0 Å². The lowest BCUT2D eigenvalue weighted by molar-refractivity contribution is 0.305. The van der Waals surface area contributed by atoms with Crippen LogP contribution in [-0.2, 0) is 6.61 Å². The molecular weight excluding hydrogens is 274 g/mol. The Balaban J connectivity index is 1.67. The van der Waals surface area contributed by atoms with Crippen molar-refractivity contribution in [2.45, 2.75) is 26.5 Å². The van der Waals surface area contributed by atoms with Crippen molar-refractivity contribution in [3.63, 3.8) is 0 Å². The molecule has 2 aromatic heterocycles. The Morgan fingerprint density at radius 3 is 2.45 bits per heavy atom. The molecule has 2 heterocycles. The van der Waals surface area contributed by atoms with Crippen LogP contribution in [-0.4, -0.2) is 14.8 Å². The first-order valence-electron chi connectivity index (χ1n) is 7.40. The maximum Gasteiger partial charge on any atom is 0.138 e. The average Bonchev–Trinajstić information content (AvgIpc) is 3.05. The molecule has 0 N–H and O–H groups in total. The Bertz CT molecular complexity index is 718. The fourth-order valence-electron chi connectivity index (χ4n) is 2.12. The lowest BCUT2D eigenvalue weighted by atomic mass is 10.2. The highest BCUT2D eigenvalue weighted by molar-refractivity contribution is 5.53. The van der Waals surface area contributed by atoms with E-state index in [1.54, 1.807) is 6.20 Å². The first kappa shape index (κ1) is 14.3. The third-order valence-corrected chi connectivity index (χ3v) is 3.38. The van der Waals surface area contributed by atoms with Crippen molar-refractivity contribution in [2.24, 2.45) is 0 Å². The zero-order valence-electron chi connectivity index (χ0n) is 12.8. The first-order valence-corrected chi connectivity index (χ1v) is 7.40. The highest BCUT2D eigenvalue weighted by Gasteiger charge is 2.06. The monoisotopic (exact) mass is 293 g/mol. The maximum atomic E-state index is 5.74. The van der Waals surface area contributed by atoms with Gasteiger partial charge in [-0.25, -0.2) is 0 Å². The fraction of sp³-hybridized carbons (Fsp3) is 0.222. The van der Waals surface area contributed by atoms with E-state index in [1.165, 1.54) is 0 Å². The highest BCUT2D eigenvalue weighted by atomic mass is 16.5. The molecule has 3 aromatic rings. The number of benzene rings is 1. The van der Waals surface area contributed by atoms with Crippen LogP contribution in [0, 0.1) is 0 Å². The molecule has 4 heteroatoms. The van der Waals surface area contributed by atoms with Gasteiger partial charge < -0.3 is 4.74 Å². The lowest BCUT2D eigenvalue weighted by Gasteiger charge is -2.06. The van der Waals surface area contributed by atoms with Crippen LogP contribution >= 0.6 is 0 Å². The molecule has 4 nitrogen and oxygen atoms in total. The van der Waals surface area contributed by atoms with Crippen LogP contribution in [0.1, 0.15) is 25.5 Å². The van der Waals surface area contributed by atoms with Crippen molar-refractivity contribution >= 4 is 0 Å². The van der Waals surface area contributed by atoms with Gasteiger partial charge in [0.1, 0.15) is 18.1 Å². The number of aromatic nitrogens is 3. The van der Waals surface area contributed by atoms with Crippen molar-refractivity contribution < 1.29 is 4.74 Å². The van der Waals surface area contributed by atoms with Gasteiger partial charge in [-0.3, -0.25) is 9.67 Å². The Morgan fingerprint density at radius 2 is 1.82 bits per heavy atom. The molecule has 0 spiro atoms. The van der Waals surface area contributed by atoms with Crippen LogP contribution in [0.4, 0.5) is 0 Å². The quantitative estimate of drug-likeness (QED) is 0.711.